The van der Waals surface area contributed by atoms with Gasteiger partial charge in [0.25, 0.3) is 0 Å². The van der Waals surface area contributed by atoms with E-state index in [1.54, 1.807) is 0 Å². The smallest absolute Gasteiger partial charge is 0.0697 e. The number of rotatable bonds is 6. The fraction of sp³-hybridized carbons (Fsp3) is 0.500. The lowest BCUT2D eigenvalue weighted by Crippen LogP contribution is -2.01. The molecule has 0 heterocycles. The van der Waals surface area contributed by atoms with Gasteiger partial charge in [-0.3, -0.25) is 0 Å². The van der Waals surface area contributed by atoms with Gasteiger partial charge < -0.3 is 9.84 Å². The van der Waals surface area contributed by atoms with Crippen molar-refractivity contribution < 1.29 is 9.84 Å². The van der Waals surface area contributed by atoms with E-state index in [-0.39, 0.29) is 6.61 Å². The molecule has 0 unspecified atom stereocenters. The van der Waals surface area contributed by atoms with Gasteiger partial charge in [-0.2, -0.15) is 0 Å². The minimum Gasteiger partial charge on any atom is -0.394 e. The predicted molar refractivity (Wildman–Crippen MR) is 57.4 cm³/mol. The summed E-state index contributed by atoms with van der Waals surface area (Å²) in [7, 11) is 0. The van der Waals surface area contributed by atoms with Gasteiger partial charge in [0, 0.05) is 6.61 Å². The molecule has 0 spiro atoms. The van der Waals surface area contributed by atoms with Crippen molar-refractivity contribution in [3.63, 3.8) is 0 Å². The molecule has 14 heavy (non-hydrogen) atoms. The van der Waals surface area contributed by atoms with Gasteiger partial charge in [0.05, 0.1) is 13.2 Å². The van der Waals surface area contributed by atoms with Gasteiger partial charge in [-0.05, 0) is 25.3 Å². The summed E-state index contributed by atoms with van der Waals surface area (Å²) in [6.07, 6.45) is 2.06. The summed E-state index contributed by atoms with van der Waals surface area (Å²) in [5.74, 6) is 0. The number of aliphatic hydroxyl groups excluding tert-OH is 1. The Kier molecular flexibility index (Phi) is 5.27. The zero-order chi connectivity index (χ0) is 10.2. The van der Waals surface area contributed by atoms with Crippen LogP contribution in [-0.2, 0) is 11.2 Å². The van der Waals surface area contributed by atoms with Crippen molar-refractivity contribution in [1.29, 1.82) is 0 Å². The Hall–Kier alpha value is -0.860. The summed E-state index contributed by atoms with van der Waals surface area (Å²) in [5, 5.41) is 8.49. The molecule has 2 nitrogen and oxygen atoms in total. The normalized spacial score (nSPS) is 10.4. The van der Waals surface area contributed by atoms with Crippen LogP contribution in [0, 0.1) is 6.92 Å². The lowest BCUT2D eigenvalue weighted by atomic mass is 10.1. The maximum atomic E-state index is 8.49. The Morgan fingerprint density at radius 1 is 1.14 bits per heavy atom. The average molecular weight is 194 g/mol. The highest BCUT2D eigenvalue weighted by molar-refractivity contribution is 5.21. The summed E-state index contributed by atoms with van der Waals surface area (Å²) >= 11 is 0. The fourth-order valence-corrected chi connectivity index (χ4v) is 1.30. The van der Waals surface area contributed by atoms with E-state index in [2.05, 4.69) is 31.2 Å². The molecule has 0 amide bonds. The molecule has 0 aromatic heterocycles. The molecule has 2 heteroatoms. The van der Waals surface area contributed by atoms with Gasteiger partial charge in [0.1, 0.15) is 0 Å². The Bertz CT molecular complexity index is 241. The highest BCUT2D eigenvalue weighted by atomic mass is 16.5. The average Bonchev–Trinajstić information content (AvgIpc) is 2.21. The van der Waals surface area contributed by atoms with Gasteiger partial charge in [-0.15, -0.1) is 0 Å². The molecular formula is C12H18O2. The van der Waals surface area contributed by atoms with Crippen molar-refractivity contribution >= 4 is 0 Å². The second kappa shape index (κ2) is 6.57. The second-order valence-electron chi connectivity index (χ2n) is 3.43. The maximum Gasteiger partial charge on any atom is 0.0697 e. The summed E-state index contributed by atoms with van der Waals surface area (Å²) < 4.78 is 5.18. The molecule has 0 fully saturated rings. The molecule has 0 radical (unpaired) electrons. The van der Waals surface area contributed by atoms with Crippen LogP contribution in [0.1, 0.15) is 17.5 Å². The molecule has 0 aliphatic carbocycles. The number of hydrogen-bond acceptors (Lipinski definition) is 2. The molecule has 0 aliphatic rings. The van der Waals surface area contributed by atoms with E-state index >= 15 is 0 Å². The summed E-state index contributed by atoms with van der Waals surface area (Å²) in [6, 6.07) is 8.57. The summed E-state index contributed by atoms with van der Waals surface area (Å²) in [6.45, 7) is 3.39. The maximum absolute atomic E-state index is 8.49. The van der Waals surface area contributed by atoms with Crippen LogP contribution in [0.25, 0.3) is 0 Å². The van der Waals surface area contributed by atoms with Crippen LogP contribution in [0.15, 0.2) is 24.3 Å². The van der Waals surface area contributed by atoms with Gasteiger partial charge in [-0.1, -0.05) is 29.8 Å². The molecule has 1 aromatic carbocycles. The molecule has 0 saturated heterocycles. The first-order valence-electron chi connectivity index (χ1n) is 5.07. The SMILES string of the molecule is Cc1ccc(CCCOCCO)cc1. The number of hydrogen-bond donors (Lipinski definition) is 1. The topological polar surface area (TPSA) is 29.5 Å². The lowest BCUT2D eigenvalue weighted by Gasteiger charge is -2.03. The lowest BCUT2D eigenvalue weighted by molar-refractivity contribution is 0.0909. The third-order valence-electron chi connectivity index (χ3n) is 2.11. The molecule has 0 atom stereocenters. The third kappa shape index (κ3) is 4.40. The molecule has 1 rings (SSSR count). The number of aryl methyl sites for hydroxylation is 2. The van der Waals surface area contributed by atoms with Gasteiger partial charge in [0.15, 0.2) is 0 Å². The zero-order valence-electron chi connectivity index (χ0n) is 8.70. The molecular weight excluding hydrogens is 176 g/mol. The van der Waals surface area contributed by atoms with Crippen LogP contribution in [-0.4, -0.2) is 24.9 Å². The monoisotopic (exact) mass is 194 g/mol. The van der Waals surface area contributed by atoms with Crippen LogP contribution in [0.5, 0.6) is 0 Å². The molecule has 78 valence electrons. The van der Waals surface area contributed by atoms with Crippen LogP contribution < -0.4 is 0 Å². The fourth-order valence-electron chi connectivity index (χ4n) is 1.30. The Morgan fingerprint density at radius 2 is 1.86 bits per heavy atom. The predicted octanol–water partition coefficient (Wildman–Crippen LogP) is 1.94. The molecule has 1 N–H and O–H groups in total. The van der Waals surface area contributed by atoms with Gasteiger partial charge in [0.2, 0.25) is 0 Å². The van der Waals surface area contributed by atoms with E-state index in [1.165, 1.54) is 11.1 Å². The molecule has 0 aliphatic heterocycles. The highest BCUT2D eigenvalue weighted by Crippen LogP contribution is 2.05. The van der Waals surface area contributed by atoms with Crippen molar-refractivity contribution in [2.75, 3.05) is 19.8 Å². The summed E-state index contributed by atoms with van der Waals surface area (Å²) in [5.41, 5.74) is 2.65. The number of benzene rings is 1. The van der Waals surface area contributed by atoms with E-state index in [9.17, 15) is 0 Å². The van der Waals surface area contributed by atoms with Crippen LogP contribution in [0.3, 0.4) is 0 Å². The molecule has 0 bridgehead atoms. The highest BCUT2D eigenvalue weighted by Gasteiger charge is 1.93. The van der Waals surface area contributed by atoms with E-state index in [0.717, 1.165) is 19.4 Å². The Morgan fingerprint density at radius 3 is 2.50 bits per heavy atom. The molecule has 1 aromatic rings. The number of ether oxygens (including phenoxy) is 1. The van der Waals surface area contributed by atoms with E-state index in [0.29, 0.717) is 6.61 Å². The second-order valence-corrected chi connectivity index (χ2v) is 3.43. The van der Waals surface area contributed by atoms with Crippen LogP contribution >= 0.6 is 0 Å². The van der Waals surface area contributed by atoms with Crippen molar-refractivity contribution in [3.8, 4) is 0 Å². The minimum absolute atomic E-state index is 0.116. The zero-order valence-corrected chi connectivity index (χ0v) is 8.70. The third-order valence-corrected chi connectivity index (χ3v) is 2.11. The van der Waals surface area contributed by atoms with Crippen LogP contribution in [0.2, 0.25) is 0 Å². The largest absolute Gasteiger partial charge is 0.394 e. The van der Waals surface area contributed by atoms with Crippen molar-refractivity contribution in [1.82, 2.24) is 0 Å². The standard InChI is InChI=1S/C12H18O2/c1-11-4-6-12(7-5-11)3-2-9-14-10-8-13/h4-7,13H,2-3,8-10H2,1H3. The Balaban J connectivity index is 2.15. The molecule has 0 saturated carbocycles. The Labute approximate surface area is 85.5 Å². The first kappa shape index (κ1) is 11.2. The van der Waals surface area contributed by atoms with Crippen molar-refractivity contribution in [3.05, 3.63) is 35.4 Å². The quantitative estimate of drug-likeness (QED) is 0.701. The van der Waals surface area contributed by atoms with E-state index < -0.39 is 0 Å². The first-order chi connectivity index (χ1) is 6.83. The van der Waals surface area contributed by atoms with Gasteiger partial charge in [-0.25, -0.2) is 0 Å². The number of aliphatic hydroxyl groups is 1. The van der Waals surface area contributed by atoms with E-state index in [4.69, 9.17) is 9.84 Å². The minimum atomic E-state index is 0.116. The summed E-state index contributed by atoms with van der Waals surface area (Å²) in [4.78, 5) is 0. The van der Waals surface area contributed by atoms with Crippen molar-refractivity contribution in [2.24, 2.45) is 0 Å². The van der Waals surface area contributed by atoms with Crippen LogP contribution in [0.4, 0.5) is 0 Å². The van der Waals surface area contributed by atoms with Gasteiger partial charge >= 0.3 is 0 Å². The van der Waals surface area contributed by atoms with E-state index in [1.807, 2.05) is 0 Å². The van der Waals surface area contributed by atoms with Crippen molar-refractivity contribution in [2.45, 2.75) is 19.8 Å². The first-order valence-corrected chi connectivity index (χ1v) is 5.07.